The van der Waals surface area contributed by atoms with E-state index in [0.29, 0.717) is 17.6 Å². The summed E-state index contributed by atoms with van der Waals surface area (Å²) in [5, 5.41) is 4.04. The molecule has 1 saturated carbocycles. The molecule has 2 aromatic rings. The SMILES string of the molecule is CC(C)Cc1cc(C(=O)N2CCC(c3nccn3CC3CC3)CC2)on1. The van der Waals surface area contributed by atoms with Crippen molar-refractivity contribution < 1.29 is 9.32 Å². The van der Waals surface area contributed by atoms with Crippen molar-refractivity contribution in [3.05, 3.63) is 35.7 Å². The summed E-state index contributed by atoms with van der Waals surface area (Å²) in [6.45, 7) is 6.87. The third-order valence-electron chi connectivity index (χ3n) is 5.43. The second kappa shape index (κ2) is 7.25. The molecule has 1 saturated heterocycles. The van der Waals surface area contributed by atoms with Gasteiger partial charge < -0.3 is 14.0 Å². The van der Waals surface area contributed by atoms with Crippen LogP contribution in [0, 0.1) is 11.8 Å². The Bertz CT molecular complexity index is 751. The number of carbonyl (C=O) groups is 1. The van der Waals surface area contributed by atoms with Gasteiger partial charge in [-0.3, -0.25) is 4.79 Å². The van der Waals surface area contributed by atoms with Crippen LogP contribution in [0.4, 0.5) is 0 Å². The van der Waals surface area contributed by atoms with Gasteiger partial charge in [0.15, 0.2) is 0 Å². The maximum atomic E-state index is 12.7. The zero-order valence-electron chi connectivity index (χ0n) is 15.7. The Hall–Kier alpha value is -2.11. The normalized spacial score (nSPS) is 18.7. The molecule has 0 radical (unpaired) electrons. The average Bonchev–Trinajstić information content (AvgIpc) is 3.13. The van der Waals surface area contributed by atoms with Gasteiger partial charge in [0.2, 0.25) is 5.76 Å². The Morgan fingerprint density at radius 1 is 1.27 bits per heavy atom. The molecule has 4 rings (SSSR count). The second-order valence-electron chi connectivity index (χ2n) is 8.23. The van der Waals surface area contributed by atoms with Crippen LogP contribution < -0.4 is 0 Å². The van der Waals surface area contributed by atoms with Crippen molar-refractivity contribution in [2.24, 2.45) is 11.8 Å². The van der Waals surface area contributed by atoms with Crippen LogP contribution in [0.15, 0.2) is 23.0 Å². The Morgan fingerprint density at radius 3 is 2.73 bits per heavy atom. The summed E-state index contributed by atoms with van der Waals surface area (Å²) in [5.41, 5.74) is 0.861. The van der Waals surface area contributed by atoms with Crippen molar-refractivity contribution in [2.75, 3.05) is 13.1 Å². The molecule has 2 fully saturated rings. The molecule has 1 aliphatic heterocycles. The molecule has 2 aliphatic rings. The van der Waals surface area contributed by atoms with Crippen molar-refractivity contribution in [1.29, 1.82) is 0 Å². The quantitative estimate of drug-likeness (QED) is 0.795. The van der Waals surface area contributed by atoms with E-state index in [1.807, 2.05) is 11.1 Å². The third kappa shape index (κ3) is 3.84. The van der Waals surface area contributed by atoms with Gasteiger partial charge in [-0.2, -0.15) is 0 Å². The molecule has 6 nitrogen and oxygen atoms in total. The maximum absolute atomic E-state index is 12.7. The van der Waals surface area contributed by atoms with E-state index < -0.39 is 0 Å². The Balaban J connectivity index is 1.35. The zero-order valence-corrected chi connectivity index (χ0v) is 15.7. The number of amides is 1. The topological polar surface area (TPSA) is 64.2 Å². The van der Waals surface area contributed by atoms with Crippen LogP contribution in [0.3, 0.4) is 0 Å². The molecule has 3 heterocycles. The largest absolute Gasteiger partial charge is 0.351 e. The van der Waals surface area contributed by atoms with Gasteiger partial charge in [-0.05, 0) is 43.9 Å². The van der Waals surface area contributed by atoms with Crippen molar-refractivity contribution in [2.45, 2.75) is 58.4 Å². The molecule has 140 valence electrons. The fraction of sp³-hybridized carbons (Fsp3) is 0.650. The number of hydrogen-bond acceptors (Lipinski definition) is 4. The average molecular weight is 356 g/mol. The molecule has 2 aromatic heterocycles. The van der Waals surface area contributed by atoms with Crippen molar-refractivity contribution in [3.8, 4) is 0 Å². The van der Waals surface area contributed by atoms with Crippen LogP contribution in [-0.4, -0.2) is 38.6 Å². The first-order chi connectivity index (χ1) is 12.6. The predicted molar refractivity (Wildman–Crippen MR) is 97.9 cm³/mol. The molecule has 0 atom stereocenters. The standard InChI is InChI=1S/C20H28N4O2/c1-14(2)11-17-12-18(26-22-17)20(25)23-8-5-16(6-9-23)19-21-7-10-24(19)13-15-3-4-15/h7,10,12,14-16H,3-6,8-9,11,13H2,1-2H3. The summed E-state index contributed by atoms with van der Waals surface area (Å²) in [6, 6.07) is 1.80. The van der Waals surface area contributed by atoms with Crippen LogP contribution >= 0.6 is 0 Å². The summed E-state index contributed by atoms with van der Waals surface area (Å²) in [4.78, 5) is 19.2. The van der Waals surface area contributed by atoms with E-state index in [1.54, 1.807) is 6.07 Å². The Kier molecular flexibility index (Phi) is 4.83. The fourth-order valence-electron chi connectivity index (χ4n) is 3.84. The summed E-state index contributed by atoms with van der Waals surface area (Å²) in [6.07, 6.45) is 9.47. The van der Waals surface area contributed by atoms with Crippen molar-refractivity contribution >= 4 is 5.91 Å². The highest BCUT2D eigenvalue weighted by Crippen LogP contribution is 2.33. The lowest BCUT2D eigenvalue weighted by Gasteiger charge is -2.31. The molecular weight excluding hydrogens is 328 g/mol. The number of hydrogen-bond donors (Lipinski definition) is 0. The van der Waals surface area contributed by atoms with Gasteiger partial charge in [-0.1, -0.05) is 19.0 Å². The molecule has 0 unspecified atom stereocenters. The van der Waals surface area contributed by atoms with E-state index >= 15 is 0 Å². The van der Waals surface area contributed by atoms with Crippen molar-refractivity contribution in [1.82, 2.24) is 19.6 Å². The van der Waals surface area contributed by atoms with Gasteiger partial charge in [0.05, 0.1) is 5.69 Å². The van der Waals surface area contributed by atoms with Gasteiger partial charge in [0.1, 0.15) is 5.82 Å². The van der Waals surface area contributed by atoms with Crippen LogP contribution in [0.5, 0.6) is 0 Å². The maximum Gasteiger partial charge on any atom is 0.292 e. The summed E-state index contributed by atoms with van der Waals surface area (Å²) in [7, 11) is 0. The Morgan fingerprint density at radius 2 is 2.04 bits per heavy atom. The highest BCUT2D eigenvalue weighted by atomic mass is 16.5. The van der Waals surface area contributed by atoms with E-state index in [-0.39, 0.29) is 5.91 Å². The predicted octanol–water partition coefficient (Wildman–Crippen LogP) is 3.50. The minimum Gasteiger partial charge on any atom is -0.351 e. The number of carbonyl (C=O) groups excluding carboxylic acids is 1. The molecular formula is C20H28N4O2. The first-order valence-corrected chi connectivity index (χ1v) is 9.86. The third-order valence-corrected chi connectivity index (χ3v) is 5.43. The highest BCUT2D eigenvalue weighted by molar-refractivity contribution is 5.91. The van der Waals surface area contributed by atoms with E-state index in [4.69, 9.17) is 4.52 Å². The number of likely N-dealkylation sites (tertiary alicyclic amines) is 1. The second-order valence-corrected chi connectivity index (χ2v) is 8.23. The van der Waals surface area contributed by atoms with Crippen LogP contribution in [0.25, 0.3) is 0 Å². The lowest BCUT2D eigenvalue weighted by molar-refractivity contribution is 0.0668. The van der Waals surface area contributed by atoms with E-state index in [1.165, 1.54) is 18.7 Å². The van der Waals surface area contributed by atoms with E-state index in [0.717, 1.165) is 50.5 Å². The summed E-state index contributed by atoms with van der Waals surface area (Å²) < 4.78 is 7.62. The molecule has 1 amide bonds. The van der Waals surface area contributed by atoms with E-state index in [9.17, 15) is 4.79 Å². The molecule has 26 heavy (non-hydrogen) atoms. The monoisotopic (exact) mass is 356 g/mol. The summed E-state index contributed by atoms with van der Waals surface area (Å²) in [5.74, 6) is 3.32. The minimum absolute atomic E-state index is 0.0349. The smallest absolute Gasteiger partial charge is 0.292 e. The molecule has 0 spiro atoms. The number of piperidine rings is 1. The van der Waals surface area contributed by atoms with Gasteiger partial charge in [-0.25, -0.2) is 4.98 Å². The summed E-state index contributed by atoms with van der Waals surface area (Å²) >= 11 is 0. The Labute approximate surface area is 154 Å². The number of aromatic nitrogens is 3. The highest BCUT2D eigenvalue weighted by Gasteiger charge is 2.30. The van der Waals surface area contributed by atoms with Gasteiger partial charge in [0.25, 0.3) is 5.91 Å². The number of rotatable bonds is 6. The fourth-order valence-corrected chi connectivity index (χ4v) is 3.84. The zero-order chi connectivity index (χ0) is 18.1. The van der Waals surface area contributed by atoms with Crippen molar-refractivity contribution in [3.63, 3.8) is 0 Å². The van der Waals surface area contributed by atoms with Gasteiger partial charge in [0, 0.05) is 44.0 Å². The first kappa shape index (κ1) is 17.3. The number of imidazole rings is 1. The number of nitrogens with zero attached hydrogens (tertiary/aromatic N) is 4. The molecule has 0 bridgehead atoms. The molecule has 0 N–H and O–H groups in total. The lowest BCUT2D eigenvalue weighted by atomic mass is 9.95. The minimum atomic E-state index is -0.0349. The van der Waals surface area contributed by atoms with E-state index in [2.05, 4.69) is 34.8 Å². The molecule has 0 aromatic carbocycles. The lowest BCUT2D eigenvalue weighted by Crippen LogP contribution is -2.38. The van der Waals surface area contributed by atoms with Crippen LogP contribution in [-0.2, 0) is 13.0 Å². The van der Waals surface area contributed by atoms with Crippen LogP contribution in [0.1, 0.15) is 67.5 Å². The van der Waals surface area contributed by atoms with Gasteiger partial charge >= 0.3 is 0 Å². The molecule has 6 heteroatoms. The molecule has 1 aliphatic carbocycles. The first-order valence-electron chi connectivity index (χ1n) is 9.86. The van der Waals surface area contributed by atoms with Gasteiger partial charge in [-0.15, -0.1) is 0 Å². The van der Waals surface area contributed by atoms with Crippen LogP contribution in [0.2, 0.25) is 0 Å².